The van der Waals surface area contributed by atoms with E-state index in [1.165, 1.54) is 4.90 Å². The molecule has 0 radical (unpaired) electrons. The summed E-state index contributed by atoms with van der Waals surface area (Å²) in [5, 5.41) is 9.94. The van der Waals surface area contributed by atoms with E-state index in [4.69, 9.17) is 9.47 Å². The number of rotatable bonds is 8. The number of allylic oxidation sites excluding steroid dienone is 1. The molecule has 4 rings (SSSR count). The fourth-order valence-electron chi connectivity index (χ4n) is 5.43. The Morgan fingerprint density at radius 3 is 2.53 bits per heavy atom. The number of hydrogen-bond acceptors (Lipinski definition) is 4. The van der Waals surface area contributed by atoms with E-state index in [9.17, 15) is 14.7 Å². The van der Waals surface area contributed by atoms with Crippen LogP contribution in [0.15, 0.2) is 35.4 Å². The molecule has 1 unspecified atom stereocenters. The predicted octanol–water partition coefficient (Wildman–Crippen LogP) is 4.96. The normalized spacial score (nSPS) is 20.8. The Hall–Kier alpha value is -2.32. The molecule has 8 heteroatoms. The third-order valence-electron chi connectivity index (χ3n) is 7.21. The molecule has 1 amide bonds. The van der Waals surface area contributed by atoms with E-state index in [0.717, 1.165) is 5.56 Å². The molecular weight excluding hydrogens is 444 g/mol. The van der Waals surface area contributed by atoms with Crippen LogP contribution in [-0.2, 0) is 25.5 Å². The summed E-state index contributed by atoms with van der Waals surface area (Å²) in [4.78, 5) is 26.3. The first-order valence-corrected chi connectivity index (χ1v) is 12.1. The van der Waals surface area contributed by atoms with Gasteiger partial charge in [0.25, 0.3) is 5.91 Å². The quantitative estimate of drug-likeness (QED) is 0.573. The van der Waals surface area contributed by atoms with Gasteiger partial charge in [0.05, 0.1) is 13.2 Å². The van der Waals surface area contributed by atoms with Crippen LogP contribution in [-0.4, -0.2) is 48.5 Å². The molecule has 2 heterocycles. The maximum absolute atomic E-state index is 15.5. The third-order valence-corrected chi connectivity index (χ3v) is 7.21. The maximum Gasteiger partial charge on any atom is 0.331 e. The first kappa shape index (κ1) is 24.8. The van der Waals surface area contributed by atoms with Gasteiger partial charge in [0.15, 0.2) is 5.79 Å². The number of benzene rings is 1. The number of ether oxygens (including phenoxy) is 2. The van der Waals surface area contributed by atoms with Crippen molar-refractivity contribution in [3.05, 3.63) is 41.0 Å². The van der Waals surface area contributed by atoms with Crippen LogP contribution in [0.25, 0.3) is 0 Å². The Morgan fingerprint density at radius 1 is 1.15 bits per heavy atom. The van der Waals surface area contributed by atoms with Crippen LogP contribution in [0.3, 0.4) is 0 Å². The minimum Gasteiger partial charge on any atom is -0.478 e. The summed E-state index contributed by atoms with van der Waals surface area (Å²) in [5.41, 5.74) is 2.02. The second kappa shape index (κ2) is 9.74. The molecule has 1 aromatic rings. The number of carbonyl (C=O) groups is 2. The molecule has 0 saturated carbocycles. The molecule has 1 N–H and O–H groups in total. The first-order valence-electron chi connectivity index (χ1n) is 12.1. The van der Waals surface area contributed by atoms with Gasteiger partial charge < -0.3 is 19.5 Å². The lowest BCUT2D eigenvalue weighted by atomic mass is 9.76. The monoisotopic (exact) mass is 477 g/mol. The molecule has 1 spiro atoms. The zero-order valence-electron chi connectivity index (χ0n) is 19.8. The standard InChI is InChI=1S/C26H33F2NO5/c1-17(2)7-8-19(20-9-11-25(33-13-14-34-25)16-21(20)23(30)31)15-26(27,28)24(32)29-12-10-18-5-3-4-6-22(18)29/h3-6,17,19H,7-16H2,1-2H3,(H,30,31). The second-order valence-corrected chi connectivity index (χ2v) is 10.0. The predicted molar refractivity (Wildman–Crippen MR) is 123 cm³/mol. The van der Waals surface area contributed by atoms with Crippen molar-refractivity contribution in [2.45, 2.75) is 70.5 Å². The summed E-state index contributed by atoms with van der Waals surface area (Å²) < 4.78 is 42.4. The molecule has 34 heavy (non-hydrogen) atoms. The van der Waals surface area contributed by atoms with Crippen LogP contribution in [0, 0.1) is 11.8 Å². The topological polar surface area (TPSA) is 76.1 Å². The molecule has 0 bridgehead atoms. The molecule has 1 fully saturated rings. The fraction of sp³-hybridized carbons (Fsp3) is 0.615. The summed E-state index contributed by atoms with van der Waals surface area (Å²) in [5.74, 6) is -7.36. The van der Waals surface area contributed by atoms with Gasteiger partial charge in [-0.15, -0.1) is 0 Å². The number of amides is 1. The van der Waals surface area contributed by atoms with Gasteiger partial charge in [-0.05, 0) is 42.7 Å². The van der Waals surface area contributed by atoms with Crippen molar-refractivity contribution < 1.29 is 33.0 Å². The van der Waals surface area contributed by atoms with E-state index >= 15 is 8.78 Å². The Labute approximate surface area is 198 Å². The molecule has 0 aromatic heterocycles. The Kier molecular flexibility index (Phi) is 7.10. The van der Waals surface area contributed by atoms with Gasteiger partial charge in [-0.3, -0.25) is 4.79 Å². The largest absolute Gasteiger partial charge is 0.478 e. The average molecular weight is 478 g/mol. The maximum atomic E-state index is 15.5. The zero-order valence-corrected chi connectivity index (χ0v) is 19.8. The van der Waals surface area contributed by atoms with Crippen LogP contribution in [0.1, 0.15) is 57.9 Å². The molecule has 1 atom stereocenters. The molecule has 6 nitrogen and oxygen atoms in total. The van der Waals surface area contributed by atoms with Crippen LogP contribution < -0.4 is 4.90 Å². The van der Waals surface area contributed by atoms with Gasteiger partial charge >= 0.3 is 11.9 Å². The van der Waals surface area contributed by atoms with Crippen molar-refractivity contribution in [1.29, 1.82) is 0 Å². The number of fused-ring (bicyclic) bond motifs is 1. The zero-order chi connectivity index (χ0) is 24.5. The highest BCUT2D eigenvalue weighted by molar-refractivity contribution is 6.00. The van der Waals surface area contributed by atoms with Crippen LogP contribution >= 0.6 is 0 Å². The minimum absolute atomic E-state index is 0.0366. The SMILES string of the molecule is CC(C)CCC(CC(F)(F)C(=O)N1CCc2ccccc21)C1=C(C(=O)O)CC2(CC1)OCCO2. The number of carbonyl (C=O) groups excluding carboxylic acids is 1. The van der Waals surface area contributed by atoms with E-state index in [0.29, 0.717) is 56.6 Å². The minimum atomic E-state index is -3.61. The molecular formula is C26H33F2NO5. The van der Waals surface area contributed by atoms with Crippen molar-refractivity contribution >= 4 is 17.6 Å². The van der Waals surface area contributed by atoms with Crippen LogP contribution in [0.5, 0.6) is 0 Å². The van der Waals surface area contributed by atoms with Crippen LogP contribution in [0.4, 0.5) is 14.5 Å². The van der Waals surface area contributed by atoms with E-state index < -0.39 is 35.9 Å². The van der Waals surface area contributed by atoms with Crippen molar-refractivity contribution in [3.63, 3.8) is 0 Å². The number of carboxylic acid groups (broad SMARTS) is 1. The van der Waals surface area contributed by atoms with Crippen molar-refractivity contribution in [3.8, 4) is 0 Å². The number of anilines is 1. The van der Waals surface area contributed by atoms with Crippen molar-refractivity contribution in [2.24, 2.45) is 11.8 Å². The van der Waals surface area contributed by atoms with Crippen LogP contribution in [0.2, 0.25) is 0 Å². The van der Waals surface area contributed by atoms with Gasteiger partial charge in [0.2, 0.25) is 0 Å². The van der Waals surface area contributed by atoms with Gasteiger partial charge in [-0.1, -0.05) is 44.0 Å². The number of alkyl halides is 2. The number of para-hydroxylation sites is 1. The highest BCUT2D eigenvalue weighted by atomic mass is 19.3. The Balaban J connectivity index is 1.60. The molecule has 186 valence electrons. The average Bonchev–Trinajstić information content (AvgIpc) is 3.43. The third kappa shape index (κ3) is 5.03. The number of nitrogens with zero attached hydrogens (tertiary/aromatic N) is 1. The van der Waals surface area contributed by atoms with Gasteiger partial charge in [0, 0.05) is 37.1 Å². The number of carboxylic acids is 1. The highest BCUT2D eigenvalue weighted by Gasteiger charge is 2.49. The Bertz CT molecular complexity index is 968. The summed E-state index contributed by atoms with van der Waals surface area (Å²) in [6, 6.07) is 7.12. The Morgan fingerprint density at radius 2 is 1.85 bits per heavy atom. The van der Waals surface area contributed by atoms with E-state index in [-0.39, 0.29) is 24.5 Å². The summed E-state index contributed by atoms with van der Waals surface area (Å²) in [6.07, 6.45) is 1.68. The highest BCUT2D eigenvalue weighted by Crippen LogP contribution is 2.45. The van der Waals surface area contributed by atoms with Gasteiger partial charge in [-0.2, -0.15) is 8.78 Å². The van der Waals surface area contributed by atoms with E-state index in [1.54, 1.807) is 12.1 Å². The molecule has 3 aliphatic rings. The number of halogens is 2. The summed E-state index contributed by atoms with van der Waals surface area (Å²) >= 11 is 0. The van der Waals surface area contributed by atoms with Crippen molar-refractivity contribution in [2.75, 3.05) is 24.7 Å². The van der Waals surface area contributed by atoms with Crippen molar-refractivity contribution in [1.82, 2.24) is 0 Å². The lowest BCUT2D eigenvalue weighted by Gasteiger charge is -2.36. The molecule has 1 aromatic carbocycles. The van der Waals surface area contributed by atoms with Gasteiger partial charge in [0.1, 0.15) is 0 Å². The summed E-state index contributed by atoms with van der Waals surface area (Å²) in [7, 11) is 0. The molecule has 2 aliphatic heterocycles. The van der Waals surface area contributed by atoms with Gasteiger partial charge in [-0.25, -0.2) is 4.79 Å². The van der Waals surface area contributed by atoms with E-state index in [1.807, 2.05) is 26.0 Å². The molecule has 1 saturated heterocycles. The fourth-order valence-corrected chi connectivity index (χ4v) is 5.43. The molecule has 1 aliphatic carbocycles. The summed E-state index contributed by atoms with van der Waals surface area (Å²) in [6.45, 7) is 5.02. The lowest BCUT2D eigenvalue weighted by Crippen LogP contribution is -2.44. The first-order chi connectivity index (χ1) is 16.1. The number of aliphatic carboxylic acids is 1. The smallest absolute Gasteiger partial charge is 0.331 e. The number of hydrogen-bond donors (Lipinski definition) is 1. The van der Waals surface area contributed by atoms with E-state index in [2.05, 4.69) is 0 Å². The lowest BCUT2D eigenvalue weighted by molar-refractivity contribution is -0.168. The second-order valence-electron chi connectivity index (χ2n) is 10.0.